The SMILES string of the molecule is O=C(NCCn1ccc(C(F)(F)F)n1)c1ccc(F)cc1Cl. The molecule has 0 unspecified atom stereocenters. The van der Waals surface area contributed by atoms with Gasteiger partial charge in [-0.3, -0.25) is 9.48 Å². The van der Waals surface area contributed by atoms with Gasteiger partial charge in [-0.2, -0.15) is 18.3 Å². The number of benzene rings is 1. The van der Waals surface area contributed by atoms with Gasteiger partial charge in [0.25, 0.3) is 5.91 Å². The number of hydrogen-bond donors (Lipinski definition) is 1. The van der Waals surface area contributed by atoms with Crippen LogP contribution in [0, 0.1) is 5.82 Å². The zero-order chi connectivity index (χ0) is 16.3. The van der Waals surface area contributed by atoms with Crippen LogP contribution in [-0.2, 0) is 12.7 Å². The Hall–Kier alpha value is -2.09. The molecule has 1 aromatic carbocycles. The highest BCUT2D eigenvalue weighted by Gasteiger charge is 2.33. The van der Waals surface area contributed by atoms with Crippen molar-refractivity contribution < 1.29 is 22.4 Å². The second kappa shape index (κ2) is 6.35. The van der Waals surface area contributed by atoms with Crippen LogP contribution >= 0.6 is 11.6 Å². The lowest BCUT2D eigenvalue weighted by Gasteiger charge is -2.07. The van der Waals surface area contributed by atoms with E-state index in [9.17, 15) is 22.4 Å². The number of nitrogens with zero attached hydrogens (tertiary/aromatic N) is 2. The summed E-state index contributed by atoms with van der Waals surface area (Å²) >= 11 is 5.73. The van der Waals surface area contributed by atoms with Crippen LogP contribution in [0.25, 0.3) is 0 Å². The Bertz CT molecular complexity index is 684. The summed E-state index contributed by atoms with van der Waals surface area (Å²) in [5, 5.41) is 5.77. The van der Waals surface area contributed by atoms with E-state index in [4.69, 9.17) is 11.6 Å². The summed E-state index contributed by atoms with van der Waals surface area (Å²) in [6.07, 6.45) is -3.34. The van der Waals surface area contributed by atoms with Crippen LogP contribution < -0.4 is 5.32 Å². The van der Waals surface area contributed by atoms with Gasteiger partial charge < -0.3 is 5.32 Å². The number of carbonyl (C=O) groups is 1. The van der Waals surface area contributed by atoms with Gasteiger partial charge >= 0.3 is 6.18 Å². The van der Waals surface area contributed by atoms with Crippen molar-refractivity contribution in [3.8, 4) is 0 Å². The Kier molecular flexibility index (Phi) is 4.70. The third-order valence-corrected chi connectivity index (χ3v) is 3.05. The molecule has 1 aromatic heterocycles. The topological polar surface area (TPSA) is 46.9 Å². The van der Waals surface area contributed by atoms with Gasteiger partial charge in [0, 0.05) is 12.7 Å². The predicted octanol–water partition coefficient (Wildman–Crippen LogP) is 3.12. The molecule has 0 radical (unpaired) electrons. The zero-order valence-corrected chi connectivity index (χ0v) is 11.7. The molecule has 22 heavy (non-hydrogen) atoms. The maximum atomic E-state index is 12.9. The van der Waals surface area contributed by atoms with Crippen molar-refractivity contribution in [3.05, 3.63) is 52.6 Å². The quantitative estimate of drug-likeness (QED) is 0.873. The summed E-state index contributed by atoms with van der Waals surface area (Å²) in [6.45, 7) is 0.103. The number of amides is 1. The van der Waals surface area contributed by atoms with Gasteiger partial charge in [-0.05, 0) is 24.3 Å². The number of alkyl halides is 3. The van der Waals surface area contributed by atoms with Gasteiger partial charge in [0.15, 0.2) is 5.69 Å². The Balaban J connectivity index is 1.91. The molecule has 118 valence electrons. The molecule has 0 saturated heterocycles. The summed E-state index contributed by atoms with van der Waals surface area (Å²) < 4.78 is 51.0. The van der Waals surface area contributed by atoms with Crippen molar-refractivity contribution in [2.45, 2.75) is 12.7 Å². The molecule has 2 aromatic rings. The molecule has 0 bridgehead atoms. The van der Waals surface area contributed by atoms with E-state index in [1.807, 2.05) is 0 Å². The molecule has 2 rings (SSSR count). The van der Waals surface area contributed by atoms with E-state index < -0.39 is 23.6 Å². The van der Waals surface area contributed by atoms with E-state index in [0.717, 1.165) is 22.9 Å². The number of hydrogen-bond acceptors (Lipinski definition) is 2. The maximum Gasteiger partial charge on any atom is 0.435 e. The van der Waals surface area contributed by atoms with Gasteiger partial charge in [0.05, 0.1) is 17.1 Å². The molecular formula is C13H10ClF4N3O. The minimum Gasteiger partial charge on any atom is -0.350 e. The second-order valence-electron chi connectivity index (χ2n) is 4.34. The van der Waals surface area contributed by atoms with Gasteiger partial charge in [0.2, 0.25) is 0 Å². The molecule has 0 aliphatic carbocycles. The van der Waals surface area contributed by atoms with Crippen LogP contribution in [0.15, 0.2) is 30.5 Å². The van der Waals surface area contributed by atoms with Crippen molar-refractivity contribution in [3.63, 3.8) is 0 Å². The first-order valence-corrected chi connectivity index (χ1v) is 6.49. The van der Waals surface area contributed by atoms with Crippen molar-refractivity contribution in [1.29, 1.82) is 0 Å². The fraction of sp³-hybridized carbons (Fsp3) is 0.231. The van der Waals surface area contributed by atoms with E-state index in [-0.39, 0.29) is 23.7 Å². The van der Waals surface area contributed by atoms with Crippen LogP contribution in [-0.4, -0.2) is 22.2 Å². The molecule has 0 aliphatic rings. The van der Waals surface area contributed by atoms with E-state index in [1.54, 1.807) is 0 Å². The Morgan fingerprint density at radius 2 is 2.05 bits per heavy atom. The fourth-order valence-electron chi connectivity index (χ4n) is 1.69. The summed E-state index contributed by atoms with van der Waals surface area (Å²) in [4.78, 5) is 11.8. The number of nitrogens with one attached hydrogen (secondary N) is 1. The summed E-state index contributed by atoms with van der Waals surface area (Å²) in [6, 6.07) is 4.16. The highest BCUT2D eigenvalue weighted by molar-refractivity contribution is 6.33. The second-order valence-corrected chi connectivity index (χ2v) is 4.75. The standard InChI is InChI=1S/C13H10ClF4N3O/c14-10-7-8(15)1-2-9(10)12(22)19-4-6-21-5-3-11(20-21)13(16,17)18/h1-3,5,7H,4,6H2,(H,19,22). The van der Waals surface area contributed by atoms with Gasteiger partial charge in [-0.25, -0.2) is 4.39 Å². The lowest BCUT2D eigenvalue weighted by molar-refractivity contribution is -0.141. The third kappa shape index (κ3) is 3.97. The number of carbonyl (C=O) groups excluding carboxylic acids is 1. The Labute approximate surface area is 127 Å². The molecule has 1 N–H and O–H groups in total. The van der Waals surface area contributed by atoms with Gasteiger partial charge in [-0.15, -0.1) is 0 Å². The van der Waals surface area contributed by atoms with Crippen molar-refractivity contribution in [2.24, 2.45) is 0 Å². The summed E-state index contributed by atoms with van der Waals surface area (Å²) in [5.41, 5.74) is -0.917. The summed E-state index contributed by atoms with van der Waals surface area (Å²) in [7, 11) is 0. The normalized spacial score (nSPS) is 11.5. The zero-order valence-electron chi connectivity index (χ0n) is 11.0. The predicted molar refractivity (Wildman–Crippen MR) is 71.0 cm³/mol. The highest BCUT2D eigenvalue weighted by atomic mass is 35.5. The first-order valence-electron chi connectivity index (χ1n) is 6.11. The third-order valence-electron chi connectivity index (χ3n) is 2.73. The molecule has 1 amide bonds. The molecule has 0 fully saturated rings. The summed E-state index contributed by atoms with van der Waals surface area (Å²) in [5.74, 6) is -1.12. The van der Waals surface area contributed by atoms with Crippen LogP contribution in [0.4, 0.5) is 17.6 Å². The molecule has 0 saturated carbocycles. The first kappa shape index (κ1) is 16.3. The molecule has 9 heteroatoms. The molecule has 0 atom stereocenters. The number of rotatable bonds is 4. The number of aromatic nitrogens is 2. The molecule has 0 aliphatic heterocycles. The van der Waals surface area contributed by atoms with E-state index in [2.05, 4.69) is 10.4 Å². The van der Waals surface area contributed by atoms with Gasteiger partial charge in [-0.1, -0.05) is 11.6 Å². The Morgan fingerprint density at radius 1 is 1.32 bits per heavy atom. The fourth-order valence-corrected chi connectivity index (χ4v) is 1.94. The smallest absolute Gasteiger partial charge is 0.350 e. The van der Waals surface area contributed by atoms with Crippen molar-refractivity contribution in [1.82, 2.24) is 15.1 Å². The average Bonchev–Trinajstić information content (AvgIpc) is 2.87. The highest BCUT2D eigenvalue weighted by Crippen LogP contribution is 2.27. The minimum atomic E-state index is -4.50. The van der Waals surface area contributed by atoms with Crippen molar-refractivity contribution >= 4 is 17.5 Å². The minimum absolute atomic E-state index is 0.0454. The van der Waals surface area contributed by atoms with Crippen LogP contribution in [0.2, 0.25) is 5.02 Å². The lowest BCUT2D eigenvalue weighted by Crippen LogP contribution is -2.27. The Morgan fingerprint density at radius 3 is 2.64 bits per heavy atom. The first-order chi connectivity index (χ1) is 10.3. The molecule has 1 heterocycles. The van der Waals surface area contributed by atoms with Crippen molar-refractivity contribution in [2.75, 3.05) is 6.54 Å². The van der Waals surface area contributed by atoms with E-state index in [0.29, 0.717) is 0 Å². The van der Waals surface area contributed by atoms with E-state index in [1.165, 1.54) is 12.3 Å². The van der Waals surface area contributed by atoms with E-state index >= 15 is 0 Å². The van der Waals surface area contributed by atoms with Crippen LogP contribution in [0.5, 0.6) is 0 Å². The monoisotopic (exact) mass is 335 g/mol. The largest absolute Gasteiger partial charge is 0.435 e. The molecule has 0 spiro atoms. The lowest BCUT2D eigenvalue weighted by atomic mass is 10.2. The van der Waals surface area contributed by atoms with Crippen LogP contribution in [0.3, 0.4) is 0 Å². The average molecular weight is 336 g/mol. The maximum absolute atomic E-state index is 12.9. The van der Waals surface area contributed by atoms with Gasteiger partial charge in [0.1, 0.15) is 5.82 Å². The number of halogens is 5. The van der Waals surface area contributed by atoms with Crippen LogP contribution in [0.1, 0.15) is 16.1 Å². The molecule has 4 nitrogen and oxygen atoms in total. The molecular weight excluding hydrogens is 326 g/mol.